The van der Waals surface area contributed by atoms with E-state index in [0.717, 1.165) is 56.6 Å². The first-order valence-corrected chi connectivity index (χ1v) is 10.7. The first-order chi connectivity index (χ1) is 12.3. The average Bonchev–Trinajstić information content (AvgIpc) is 3.30. The average molecular weight is 368 g/mol. The molecule has 0 atom stereocenters. The summed E-state index contributed by atoms with van der Waals surface area (Å²) in [6, 6.07) is 3.94. The van der Waals surface area contributed by atoms with E-state index in [9.17, 15) is 0 Å². The zero-order chi connectivity index (χ0) is 17.8. The third kappa shape index (κ3) is 7.32. The molecule has 1 fully saturated rings. The Kier molecular flexibility index (Phi) is 9.26. The Morgan fingerprint density at radius 3 is 2.80 bits per heavy atom. The first-order valence-electron chi connectivity index (χ1n) is 9.30. The van der Waals surface area contributed by atoms with Crippen molar-refractivity contribution in [2.45, 2.75) is 38.5 Å². The fourth-order valence-electron chi connectivity index (χ4n) is 3.38. The number of methoxy groups -OCH3 is 1. The summed E-state index contributed by atoms with van der Waals surface area (Å²) in [4.78, 5) is 4.92. The first kappa shape index (κ1) is 20.2. The molecular weight excluding hydrogens is 334 g/mol. The Morgan fingerprint density at radius 1 is 1.32 bits per heavy atom. The zero-order valence-electron chi connectivity index (χ0n) is 15.7. The maximum absolute atomic E-state index is 5.40. The van der Waals surface area contributed by atoms with Crippen LogP contribution in [0.4, 0.5) is 0 Å². The van der Waals surface area contributed by atoms with Crippen molar-refractivity contribution >= 4 is 17.7 Å². The van der Waals surface area contributed by atoms with Crippen LogP contribution in [0.2, 0.25) is 0 Å². The molecule has 5 nitrogen and oxygen atoms in total. The van der Waals surface area contributed by atoms with Gasteiger partial charge in [-0.2, -0.15) is 11.8 Å². The summed E-state index contributed by atoms with van der Waals surface area (Å²) < 4.78 is 10.7. The number of thioether (sulfide) groups is 1. The molecule has 1 heterocycles. The SMILES string of the molecule is COCCC1(CN=C(NCCSC)NCCc2ccco2)CCCC1. The number of nitrogens with one attached hydrogen (secondary N) is 2. The largest absolute Gasteiger partial charge is 0.469 e. The van der Waals surface area contributed by atoms with Gasteiger partial charge in [-0.05, 0) is 43.1 Å². The van der Waals surface area contributed by atoms with E-state index in [0.29, 0.717) is 5.41 Å². The van der Waals surface area contributed by atoms with E-state index in [1.54, 1.807) is 13.4 Å². The molecule has 2 rings (SSSR count). The molecule has 0 bridgehead atoms. The van der Waals surface area contributed by atoms with Crippen LogP contribution in [0, 0.1) is 5.41 Å². The molecule has 1 aromatic heterocycles. The smallest absolute Gasteiger partial charge is 0.191 e. The lowest BCUT2D eigenvalue weighted by atomic mass is 9.83. The van der Waals surface area contributed by atoms with Crippen LogP contribution in [0.1, 0.15) is 37.9 Å². The summed E-state index contributed by atoms with van der Waals surface area (Å²) in [5.41, 5.74) is 0.325. The van der Waals surface area contributed by atoms with Crippen molar-refractivity contribution in [3.05, 3.63) is 24.2 Å². The Bertz CT molecular complexity index is 485. The van der Waals surface area contributed by atoms with Crippen LogP contribution in [-0.4, -0.2) is 51.3 Å². The van der Waals surface area contributed by atoms with Gasteiger partial charge in [0.05, 0.1) is 6.26 Å². The van der Waals surface area contributed by atoms with Crippen LogP contribution in [0.15, 0.2) is 27.8 Å². The van der Waals surface area contributed by atoms with Gasteiger partial charge in [0.15, 0.2) is 5.96 Å². The van der Waals surface area contributed by atoms with E-state index in [1.807, 2.05) is 23.9 Å². The molecule has 0 amide bonds. The third-order valence-corrected chi connectivity index (χ3v) is 5.53. The van der Waals surface area contributed by atoms with Gasteiger partial charge in [-0.25, -0.2) is 0 Å². The lowest BCUT2D eigenvalue weighted by Crippen LogP contribution is -2.40. The minimum absolute atomic E-state index is 0.325. The summed E-state index contributed by atoms with van der Waals surface area (Å²) in [5.74, 6) is 3.00. The predicted octanol–water partition coefficient (Wildman–Crippen LogP) is 3.32. The summed E-state index contributed by atoms with van der Waals surface area (Å²) in [6.45, 7) is 3.46. The monoisotopic (exact) mass is 367 g/mol. The summed E-state index contributed by atoms with van der Waals surface area (Å²) in [5, 5.41) is 6.91. The summed E-state index contributed by atoms with van der Waals surface area (Å²) in [6.07, 6.45) is 11.0. The van der Waals surface area contributed by atoms with E-state index in [4.69, 9.17) is 14.1 Å². The molecular formula is C19H33N3O2S. The number of hydrogen-bond acceptors (Lipinski definition) is 4. The summed E-state index contributed by atoms with van der Waals surface area (Å²) in [7, 11) is 1.79. The lowest BCUT2D eigenvalue weighted by Gasteiger charge is -2.27. The second-order valence-corrected chi connectivity index (χ2v) is 7.78. The number of hydrogen-bond donors (Lipinski definition) is 2. The molecule has 6 heteroatoms. The third-order valence-electron chi connectivity index (χ3n) is 4.92. The van der Waals surface area contributed by atoms with Crippen molar-refractivity contribution in [3.8, 4) is 0 Å². The molecule has 1 aliphatic carbocycles. The lowest BCUT2D eigenvalue weighted by molar-refractivity contribution is 0.141. The molecule has 0 saturated heterocycles. The Balaban J connectivity index is 1.88. The van der Waals surface area contributed by atoms with Crippen molar-refractivity contribution in [2.24, 2.45) is 10.4 Å². The highest BCUT2D eigenvalue weighted by atomic mass is 32.2. The fourth-order valence-corrected chi connectivity index (χ4v) is 3.69. The topological polar surface area (TPSA) is 58.8 Å². The van der Waals surface area contributed by atoms with Crippen LogP contribution in [0.5, 0.6) is 0 Å². The van der Waals surface area contributed by atoms with Gasteiger partial charge in [-0.3, -0.25) is 4.99 Å². The Hall–Kier alpha value is -1.14. The predicted molar refractivity (Wildman–Crippen MR) is 106 cm³/mol. The van der Waals surface area contributed by atoms with E-state index in [-0.39, 0.29) is 0 Å². The highest BCUT2D eigenvalue weighted by Crippen LogP contribution is 2.41. The summed E-state index contributed by atoms with van der Waals surface area (Å²) >= 11 is 1.84. The van der Waals surface area contributed by atoms with Crippen molar-refractivity contribution in [3.63, 3.8) is 0 Å². The number of furan rings is 1. The van der Waals surface area contributed by atoms with Gasteiger partial charge in [0.25, 0.3) is 0 Å². The second-order valence-electron chi connectivity index (χ2n) is 6.79. The minimum Gasteiger partial charge on any atom is -0.469 e. The van der Waals surface area contributed by atoms with Gasteiger partial charge in [0.2, 0.25) is 0 Å². The van der Waals surface area contributed by atoms with Crippen LogP contribution in [0.25, 0.3) is 0 Å². The molecule has 0 spiro atoms. The van der Waals surface area contributed by atoms with E-state index >= 15 is 0 Å². The molecule has 25 heavy (non-hydrogen) atoms. The van der Waals surface area contributed by atoms with Crippen LogP contribution in [0.3, 0.4) is 0 Å². The fraction of sp³-hybridized carbons (Fsp3) is 0.737. The zero-order valence-corrected chi connectivity index (χ0v) is 16.5. The van der Waals surface area contributed by atoms with E-state index in [1.165, 1.54) is 25.7 Å². The second kappa shape index (κ2) is 11.5. The molecule has 2 N–H and O–H groups in total. The Morgan fingerprint density at radius 2 is 2.12 bits per heavy atom. The van der Waals surface area contributed by atoms with Gasteiger partial charge >= 0.3 is 0 Å². The highest BCUT2D eigenvalue weighted by Gasteiger charge is 2.33. The van der Waals surface area contributed by atoms with Crippen molar-refractivity contribution < 1.29 is 9.15 Å². The highest BCUT2D eigenvalue weighted by molar-refractivity contribution is 7.98. The van der Waals surface area contributed by atoms with Crippen LogP contribution >= 0.6 is 11.8 Å². The van der Waals surface area contributed by atoms with Crippen molar-refractivity contribution in [2.75, 3.05) is 45.4 Å². The standard InChI is InChI=1S/C19H33N3O2S/c1-23-14-10-19(8-3-4-9-19)16-22-18(21-12-15-25-2)20-11-7-17-6-5-13-24-17/h5-6,13H,3-4,7-12,14-16H2,1-2H3,(H2,20,21,22). The van der Waals surface area contributed by atoms with Crippen LogP contribution in [-0.2, 0) is 11.2 Å². The van der Waals surface area contributed by atoms with Gasteiger partial charge < -0.3 is 19.8 Å². The molecule has 0 aliphatic heterocycles. The maximum atomic E-state index is 5.40. The molecule has 142 valence electrons. The van der Waals surface area contributed by atoms with Gasteiger partial charge in [-0.15, -0.1) is 0 Å². The molecule has 0 unspecified atom stereocenters. The molecule has 1 aliphatic rings. The molecule has 0 radical (unpaired) electrons. The van der Waals surface area contributed by atoms with Gasteiger partial charge in [0, 0.05) is 45.5 Å². The molecule has 1 saturated carbocycles. The molecule has 1 aromatic rings. The van der Waals surface area contributed by atoms with Crippen LogP contribution < -0.4 is 10.6 Å². The number of nitrogens with zero attached hydrogens (tertiary/aromatic N) is 1. The van der Waals surface area contributed by atoms with Gasteiger partial charge in [-0.1, -0.05) is 12.8 Å². The number of ether oxygens (including phenoxy) is 1. The van der Waals surface area contributed by atoms with Gasteiger partial charge in [0.1, 0.15) is 5.76 Å². The Labute approximate surface area is 156 Å². The maximum Gasteiger partial charge on any atom is 0.191 e. The van der Waals surface area contributed by atoms with E-state index in [2.05, 4.69) is 16.9 Å². The van der Waals surface area contributed by atoms with E-state index < -0.39 is 0 Å². The minimum atomic E-state index is 0.325. The normalized spacial score (nSPS) is 17.0. The number of rotatable bonds is 11. The number of guanidine groups is 1. The van der Waals surface area contributed by atoms with Crippen molar-refractivity contribution in [1.29, 1.82) is 0 Å². The number of aliphatic imine (C=N–C) groups is 1. The quantitative estimate of drug-likeness (QED) is 0.357. The molecule has 0 aromatic carbocycles. The van der Waals surface area contributed by atoms with Crippen molar-refractivity contribution in [1.82, 2.24) is 10.6 Å².